The molecule has 1 aromatic heterocycles. The Labute approximate surface area is 280 Å². The fourth-order valence-electron chi connectivity index (χ4n) is 5.88. The van der Waals surface area contributed by atoms with Crippen molar-refractivity contribution < 1.29 is 70.7 Å². The van der Waals surface area contributed by atoms with E-state index in [2.05, 4.69) is 5.32 Å². The van der Waals surface area contributed by atoms with Crippen molar-refractivity contribution in [1.29, 1.82) is 0 Å². The number of H-pyrrole nitrogens is 1. The molecule has 0 bridgehead atoms. The van der Waals surface area contributed by atoms with E-state index in [1.807, 2.05) is 4.98 Å². The number of amides is 2. The summed E-state index contributed by atoms with van der Waals surface area (Å²) in [5, 5.41) is 16.4. The summed E-state index contributed by atoms with van der Waals surface area (Å²) < 4.78 is 66.1. The molecule has 18 nitrogen and oxygen atoms in total. The number of nitrogens with one attached hydrogen (secondary N) is 3. The average molecular weight is 723 g/mol. The van der Waals surface area contributed by atoms with Crippen LogP contribution in [0.2, 0.25) is 0 Å². The van der Waals surface area contributed by atoms with E-state index in [1.54, 1.807) is 5.32 Å². The second-order valence-electron chi connectivity index (χ2n) is 11.8. The number of carbonyl (C=O) groups is 6. The molecule has 1 aromatic rings. The number of ether oxygens (including phenoxy) is 5. The zero-order valence-corrected chi connectivity index (χ0v) is 27.5. The van der Waals surface area contributed by atoms with Crippen molar-refractivity contribution in [3.05, 3.63) is 32.6 Å². The van der Waals surface area contributed by atoms with E-state index in [9.17, 15) is 56.6 Å². The van der Waals surface area contributed by atoms with Crippen LogP contribution in [0.25, 0.3) is 0 Å². The fraction of sp³-hybridized carbons (Fsp3) is 0.655. The van der Waals surface area contributed by atoms with E-state index in [0.29, 0.717) is 4.57 Å². The van der Waals surface area contributed by atoms with Gasteiger partial charge in [0.25, 0.3) is 5.56 Å². The number of nitrogens with zero attached hydrogens (tertiary/aromatic N) is 1. The van der Waals surface area contributed by atoms with Crippen LogP contribution >= 0.6 is 0 Å². The van der Waals surface area contributed by atoms with Crippen LogP contribution in [0.4, 0.5) is 13.2 Å². The van der Waals surface area contributed by atoms with E-state index >= 15 is 0 Å². The minimum atomic E-state index is -5.24. The molecule has 278 valence electrons. The Balaban J connectivity index is 2.17. The SMILES string of the molecule is COC(=O)[C@@H](NC(=O)[C@@H]1CCC[C@@H]1NC(=O)C(F)(F)F)[C@@H]1C[C@@](O)([C@H](COC(C)=O)OC(C)=O)[C@@H](OC(C)=O)[C@H](n2cc(C)c(=O)[nH]c2=O)O1. The number of alkyl halides is 3. The Morgan fingerprint density at radius 2 is 1.76 bits per heavy atom. The minimum absolute atomic E-state index is 0.00188. The molecule has 2 amide bonds. The maximum atomic E-state index is 13.5. The van der Waals surface area contributed by atoms with Gasteiger partial charge in [0.2, 0.25) is 5.91 Å². The maximum Gasteiger partial charge on any atom is 0.471 e. The predicted molar refractivity (Wildman–Crippen MR) is 157 cm³/mol. The van der Waals surface area contributed by atoms with Crippen LogP contribution in [-0.4, -0.2) is 106 Å². The molecule has 21 heteroatoms. The molecule has 1 aliphatic carbocycles. The van der Waals surface area contributed by atoms with Crippen molar-refractivity contribution in [1.82, 2.24) is 20.2 Å². The fourth-order valence-corrected chi connectivity index (χ4v) is 5.88. The molecule has 1 saturated carbocycles. The molecule has 0 aromatic carbocycles. The molecule has 2 aliphatic rings. The Bertz CT molecular complexity index is 1610. The number of aryl methyl sites for hydroxylation is 1. The summed E-state index contributed by atoms with van der Waals surface area (Å²) in [6, 6.07) is -3.21. The molecule has 0 radical (unpaired) electrons. The standard InChI is InChI=1S/C29H37F3N4O14/c1-12-10-36(27(44)35-22(12)40)24-21(49-15(4)39)28(45,19(48-14(3)38)11-47-13(2)37)9-18(50-24)20(25(42)46-5)34-23(41)16-7-6-8-17(16)33-26(43)29(30,31)32/h10,16-21,24,45H,6-9,11H2,1-5H3,(H,33,43)(H,34,41)(H,35,40,44)/t16-,17+,18+,19+,20+,21+,24-,28-/m1/s1. The van der Waals surface area contributed by atoms with Gasteiger partial charge in [0.1, 0.15) is 12.2 Å². The molecule has 0 unspecified atom stereocenters. The molecule has 0 spiro atoms. The zero-order valence-electron chi connectivity index (χ0n) is 27.5. The van der Waals surface area contributed by atoms with Gasteiger partial charge in [-0.05, 0) is 19.8 Å². The smallest absolute Gasteiger partial charge is 0.467 e. The number of aromatic nitrogens is 2. The van der Waals surface area contributed by atoms with Crippen molar-refractivity contribution in [3.8, 4) is 0 Å². The number of methoxy groups -OCH3 is 1. The van der Waals surface area contributed by atoms with Gasteiger partial charge in [-0.25, -0.2) is 9.59 Å². The van der Waals surface area contributed by atoms with Gasteiger partial charge in [-0.3, -0.25) is 38.3 Å². The van der Waals surface area contributed by atoms with Crippen molar-refractivity contribution >= 4 is 35.7 Å². The van der Waals surface area contributed by atoms with Crippen LogP contribution in [0.1, 0.15) is 58.2 Å². The molecule has 3 rings (SSSR count). The Hall–Kier alpha value is -4.79. The molecular weight excluding hydrogens is 685 g/mol. The lowest BCUT2D eigenvalue weighted by atomic mass is 9.79. The molecule has 2 fully saturated rings. The molecule has 4 N–H and O–H groups in total. The quantitative estimate of drug-likeness (QED) is 0.155. The van der Waals surface area contributed by atoms with Gasteiger partial charge in [0.15, 0.2) is 24.5 Å². The van der Waals surface area contributed by atoms with E-state index < -0.39 is 114 Å². The van der Waals surface area contributed by atoms with Crippen LogP contribution in [0.3, 0.4) is 0 Å². The molecule has 2 heterocycles. The van der Waals surface area contributed by atoms with Gasteiger partial charge < -0.3 is 39.4 Å². The third-order valence-corrected chi connectivity index (χ3v) is 8.16. The number of carbonyl (C=O) groups excluding carboxylic acids is 6. The van der Waals surface area contributed by atoms with Crippen molar-refractivity contribution in [2.24, 2.45) is 5.92 Å². The highest BCUT2D eigenvalue weighted by atomic mass is 19.4. The normalized spacial score (nSPS) is 26.1. The third kappa shape index (κ3) is 9.25. The lowest BCUT2D eigenvalue weighted by Gasteiger charge is -2.50. The van der Waals surface area contributed by atoms with Crippen LogP contribution in [-0.2, 0) is 52.5 Å². The van der Waals surface area contributed by atoms with Crippen molar-refractivity contribution in [2.75, 3.05) is 13.7 Å². The summed E-state index contributed by atoms with van der Waals surface area (Å²) >= 11 is 0. The van der Waals surface area contributed by atoms with Crippen LogP contribution in [0, 0.1) is 12.8 Å². The lowest BCUT2D eigenvalue weighted by molar-refractivity contribution is -0.283. The van der Waals surface area contributed by atoms with Crippen molar-refractivity contribution in [3.63, 3.8) is 0 Å². The van der Waals surface area contributed by atoms with E-state index in [1.165, 1.54) is 6.92 Å². The maximum absolute atomic E-state index is 13.5. The summed E-state index contributed by atoms with van der Waals surface area (Å²) in [6.07, 6.45) is -12.6. The molecular formula is C29H37F3N4O14. The summed E-state index contributed by atoms with van der Waals surface area (Å²) in [5.74, 6) is -8.79. The van der Waals surface area contributed by atoms with Crippen LogP contribution < -0.4 is 21.9 Å². The summed E-state index contributed by atoms with van der Waals surface area (Å²) in [6.45, 7) is 3.27. The van der Waals surface area contributed by atoms with Gasteiger partial charge in [-0.15, -0.1) is 0 Å². The highest BCUT2D eigenvalue weighted by molar-refractivity contribution is 5.88. The Kier molecular flexibility index (Phi) is 12.6. The molecule has 8 atom stereocenters. The minimum Gasteiger partial charge on any atom is -0.467 e. The first-order valence-corrected chi connectivity index (χ1v) is 15.1. The van der Waals surface area contributed by atoms with E-state index in [-0.39, 0.29) is 24.8 Å². The van der Waals surface area contributed by atoms with Gasteiger partial charge >= 0.3 is 41.7 Å². The molecule has 1 aliphatic heterocycles. The first-order chi connectivity index (χ1) is 23.2. The highest BCUT2D eigenvalue weighted by Crippen LogP contribution is 2.41. The topological polar surface area (TPSA) is 248 Å². The summed E-state index contributed by atoms with van der Waals surface area (Å²) in [4.78, 5) is 102. The van der Waals surface area contributed by atoms with Gasteiger partial charge in [0.05, 0.1) is 19.1 Å². The Morgan fingerprint density at radius 3 is 2.32 bits per heavy atom. The van der Waals surface area contributed by atoms with Crippen LogP contribution in [0.15, 0.2) is 15.8 Å². The number of aromatic amines is 1. The number of hydrogen-bond acceptors (Lipinski definition) is 14. The molecule has 1 saturated heterocycles. The average Bonchev–Trinajstić information content (AvgIpc) is 3.47. The second kappa shape index (κ2) is 15.8. The second-order valence-corrected chi connectivity index (χ2v) is 11.8. The Morgan fingerprint density at radius 1 is 1.10 bits per heavy atom. The number of rotatable bonds is 11. The number of aliphatic hydroxyl groups is 1. The number of halogens is 3. The number of hydrogen-bond donors (Lipinski definition) is 4. The van der Waals surface area contributed by atoms with Gasteiger partial charge in [-0.1, -0.05) is 6.42 Å². The van der Waals surface area contributed by atoms with Crippen LogP contribution in [0.5, 0.6) is 0 Å². The highest BCUT2D eigenvalue weighted by Gasteiger charge is 2.60. The monoisotopic (exact) mass is 722 g/mol. The first kappa shape index (κ1) is 39.6. The lowest BCUT2D eigenvalue weighted by Crippen LogP contribution is -2.68. The van der Waals surface area contributed by atoms with E-state index in [4.69, 9.17) is 23.7 Å². The predicted octanol–water partition coefficient (Wildman–Crippen LogP) is -1.20. The zero-order chi connectivity index (χ0) is 37.7. The van der Waals surface area contributed by atoms with Gasteiger partial charge in [-0.2, -0.15) is 13.2 Å². The van der Waals surface area contributed by atoms with Crippen molar-refractivity contribution in [2.45, 2.75) is 102 Å². The largest absolute Gasteiger partial charge is 0.471 e. The first-order valence-electron chi connectivity index (χ1n) is 15.1. The molecule has 50 heavy (non-hydrogen) atoms. The van der Waals surface area contributed by atoms with Gasteiger partial charge in [0, 0.05) is 45.0 Å². The summed E-state index contributed by atoms with van der Waals surface area (Å²) in [5.41, 5.74) is -4.78. The number of esters is 4. The summed E-state index contributed by atoms with van der Waals surface area (Å²) in [7, 11) is 0.912. The third-order valence-electron chi connectivity index (χ3n) is 8.16. The van der Waals surface area contributed by atoms with E-state index in [0.717, 1.165) is 34.1 Å².